The summed E-state index contributed by atoms with van der Waals surface area (Å²) in [5.41, 5.74) is 1.98. The summed E-state index contributed by atoms with van der Waals surface area (Å²) in [7, 11) is -3.87. The molecule has 0 atom stereocenters. The van der Waals surface area contributed by atoms with Crippen LogP contribution in [0.4, 0.5) is 13.2 Å². The van der Waals surface area contributed by atoms with Gasteiger partial charge in [0, 0.05) is 34.4 Å². The molecule has 0 bridgehead atoms. The van der Waals surface area contributed by atoms with Crippen LogP contribution in [0, 0.1) is 0 Å². The van der Waals surface area contributed by atoms with Gasteiger partial charge >= 0.3 is 6.36 Å². The van der Waals surface area contributed by atoms with Crippen molar-refractivity contribution in [2.24, 2.45) is 0 Å². The molecule has 0 amide bonds. The van der Waals surface area contributed by atoms with E-state index in [-0.39, 0.29) is 11.4 Å². The average Bonchev–Trinajstić information content (AvgIpc) is 3.03. The fraction of sp³-hybridized carbons (Fsp3) is 0.182. The van der Waals surface area contributed by atoms with E-state index in [0.717, 1.165) is 46.1 Å². The first-order chi connectivity index (χ1) is 15.1. The lowest BCUT2D eigenvalue weighted by molar-refractivity contribution is -0.274. The number of aromatic nitrogens is 1. The van der Waals surface area contributed by atoms with Crippen molar-refractivity contribution in [3.8, 4) is 5.75 Å². The highest BCUT2D eigenvalue weighted by molar-refractivity contribution is 7.89. The van der Waals surface area contributed by atoms with Gasteiger partial charge < -0.3 is 9.30 Å². The van der Waals surface area contributed by atoms with Gasteiger partial charge in [-0.05, 0) is 48.9 Å². The lowest BCUT2D eigenvalue weighted by atomic mass is 10.2. The predicted molar refractivity (Wildman–Crippen MR) is 117 cm³/mol. The van der Waals surface area contributed by atoms with Gasteiger partial charge in [-0.1, -0.05) is 35.9 Å². The molecule has 5 nitrogen and oxygen atoms in total. The van der Waals surface area contributed by atoms with Crippen molar-refractivity contribution in [1.82, 2.24) is 9.29 Å². The number of alkyl halides is 3. The number of para-hydroxylation sites is 1. The molecule has 1 heterocycles. The molecular weight excluding hydrogens is 465 g/mol. The molecule has 32 heavy (non-hydrogen) atoms. The highest BCUT2D eigenvalue weighted by Gasteiger charge is 2.31. The van der Waals surface area contributed by atoms with E-state index in [4.69, 9.17) is 11.6 Å². The van der Waals surface area contributed by atoms with Gasteiger partial charge in [-0.25, -0.2) is 13.1 Å². The van der Waals surface area contributed by atoms with Crippen LogP contribution in [-0.4, -0.2) is 25.9 Å². The monoisotopic (exact) mass is 482 g/mol. The number of ether oxygens (including phenoxy) is 1. The zero-order chi connectivity index (χ0) is 22.9. The molecule has 0 radical (unpaired) electrons. The third-order valence-corrected chi connectivity index (χ3v) is 6.67. The summed E-state index contributed by atoms with van der Waals surface area (Å²) < 4.78 is 70.0. The van der Waals surface area contributed by atoms with Crippen molar-refractivity contribution in [1.29, 1.82) is 0 Å². The highest BCUT2D eigenvalue weighted by atomic mass is 35.5. The van der Waals surface area contributed by atoms with E-state index >= 15 is 0 Å². The van der Waals surface area contributed by atoms with Gasteiger partial charge in [0.05, 0.1) is 10.4 Å². The smallest absolute Gasteiger partial charge is 0.406 e. The first-order valence-corrected chi connectivity index (χ1v) is 11.5. The molecule has 3 aromatic carbocycles. The van der Waals surface area contributed by atoms with Gasteiger partial charge in [0.1, 0.15) is 5.75 Å². The molecule has 0 aliphatic rings. The Morgan fingerprint density at radius 1 is 0.938 bits per heavy atom. The number of hydrogen-bond acceptors (Lipinski definition) is 3. The van der Waals surface area contributed by atoms with Gasteiger partial charge in [-0.15, -0.1) is 13.2 Å². The fourth-order valence-electron chi connectivity index (χ4n) is 3.61. The third kappa shape index (κ3) is 4.85. The van der Waals surface area contributed by atoms with E-state index in [0.29, 0.717) is 18.0 Å². The number of halogens is 4. The summed E-state index contributed by atoms with van der Waals surface area (Å²) in [6, 6.07) is 17.7. The number of sulfonamides is 1. The Morgan fingerprint density at radius 2 is 1.62 bits per heavy atom. The Morgan fingerprint density at radius 3 is 2.34 bits per heavy atom. The first kappa shape index (κ1) is 22.4. The molecular formula is C22H18ClF3N2O3S. The molecule has 0 aliphatic carbocycles. The maximum Gasteiger partial charge on any atom is 0.573 e. The van der Waals surface area contributed by atoms with Gasteiger partial charge in [0.15, 0.2) is 0 Å². The SMILES string of the molecule is O=S(=O)(NCCCn1c2ccccc2c2ccc(Cl)cc21)c1ccc(OC(F)(F)F)cc1. The number of benzene rings is 3. The normalized spacial score (nSPS) is 12.5. The zero-order valence-corrected chi connectivity index (χ0v) is 18.1. The van der Waals surface area contributed by atoms with E-state index < -0.39 is 22.1 Å². The number of aryl methyl sites for hydroxylation is 1. The summed E-state index contributed by atoms with van der Waals surface area (Å²) in [5, 5.41) is 2.76. The molecule has 0 spiro atoms. The topological polar surface area (TPSA) is 60.3 Å². The summed E-state index contributed by atoms with van der Waals surface area (Å²) in [4.78, 5) is -0.143. The Labute approximate surface area is 187 Å². The minimum Gasteiger partial charge on any atom is -0.406 e. The second kappa shape index (κ2) is 8.65. The quantitative estimate of drug-likeness (QED) is 0.343. The molecule has 0 saturated carbocycles. The van der Waals surface area contributed by atoms with E-state index in [1.165, 1.54) is 0 Å². The number of fused-ring (bicyclic) bond motifs is 3. The summed E-state index contributed by atoms with van der Waals surface area (Å²) in [6.45, 7) is 0.697. The standard InChI is InChI=1S/C22H18ClF3N2O3S/c23-15-6-11-19-18-4-1-2-5-20(18)28(21(19)14-15)13-3-12-27-32(29,30)17-9-7-16(8-10-17)31-22(24,25)26/h1-2,4-11,14,27H,3,12-13H2. The predicted octanol–water partition coefficient (Wildman–Crippen LogP) is 5.72. The van der Waals surface area contributed by atoms with E-state index in [1.807, 2.05) is 42.5 Å². The Hall–Kier alpha value is -2.75. The van der Waals surface area contributed by atoms with E-state index in [2.05, 4.69) is 14.0 Å². The van der Waals surface area contributed by atoms with Gasteiger partial charge in [-0.2, -0.15) is 0 Å². The Kier molecular flexibility index (Phi) is 6.07. The van der Waals surface area contributed by atoms with Crippen LogP contribution in [0.3, 0.4) is 0 Å². The minimum atomic E-state index is -4.84. The first-order valence-electron chi connectivity index (χ1n) is 9.66. The van der Waals surface area contributed by atoms with Crippen molar-refractivity contribution in [3.05, 3.63) is 71.8 Å². The highest BCUT2D eigenvalue weighted by Crippen LogP contribution is 2.31. The van der Waals surface area contributed by atoms with Crippen molar-refractivity contribution in [3.63, 3.8) is 0 Å². The van der Waals surface area contributed by atoms with Crippen LogP contribution in [0.2, 0.25) is 5.02 Å². The number of nitrogens with zero attached hydrogens (tertiary/aromatic N) is 1. The Bertz CT molecular complexity index is 1370. The van der Waals surface area contributed by atoms with Crippen LogP contribution in [0.1, 0.15) is 6.42 Å². The van der Waals surface area contributed by atoms with Crippen molar-refractivity contribution < 1.29 is 26.3 Å². The van der Waals surface area contributed by atoms with Crippen molar-refractivity contribution in [2.45, 2.75) is 24.2 Å². The second-order valence-corrected chi connectivity index (χ2v) is 9.30. The van der Waals surface area contributed by atoms with Crippen LogP contribution in [0.15, 0.2) is 71.6 Å². The van der Waals surface area contributed by atoms with Gasteiger partial charge in [-0.3, -0.25) is 0 Å². The molecule has 168 valence electrons. The molecule has 4 rings (SSSR count). The molecule has 0 saturated heterocycles. The molecule has 0 aliphatic heterocycles. The fourth-order valence-corrected chi connectivity index (χ4v) is 4.85. The van der Waals surface area contributed by atoms with Crippen molar-refractivity contribution in [2.75, 3.05) is 6.54 Å². The van der Waals surface area contributed by atoms with Crippen LogP contribution < -0.4 is 9.46 Å². The Balaban J connectivity index is 1.45. The number of hydrogen-bond donors (Lipinski definition) is 1. The summed E-state index contributed by atoms with van der Waals surface area (Å²) in [6.07, 6.45) is -4.34. The van der Waals surface area contributed by atoms with Crippen LogP contribution in [0.25, 0.3) is 21.8 Å². The van der Waals surface area contributed by atoms with Crippen LogP contribution >= 0.6 is 11.6 Å². The maximum absolute atomic E-state index is 12.5. The molecule has 1 N–H and O–H groups in total. The minimum absolute atomic E-state index is 0.143. The number of nitrogens with one attached hydrogen (secondary N) is 1. The lowest BCUT2D eigenvalue weighted by Crippen LogP contribution is -2.25. The van der Waals surface area contributed by atoms with E-state index in [9.17, 15) is 21.6 Å². The third-order valence-electron chi connectivity index (χ3n) is 4.95. The summed E-state index contributed by atoms with van der Waals surface area (Å²) >= 11 is 6.18. The molecule has 10 heteroatoms. The van der Waals surface area contributed by atoms with Gasteiger partial charge in [0.25, 0.3) is 0 Å². The van der Waals surface area contributed by atoms with Gasteiger partial charge in [0.2, 0.25) is 10.0 Å². The van der Waals surface area contributed by atoms with Crippen LogP contribution in [0.5, 0.6) is 5.75 Å². The van der Waals surface area contributed by atoms with Crippen molar-refractivity contribution >= 4 is 43.4 Å². The molecule has 4 aromatic rings. The zero-order valence-electron chi connectivity index (χ0n) is 16.6. The summed E-state index contributed by atoms with van der Waals surface area (Å²) in [5.74, 6) is -0.485. The maximum atomic E-state index is 12.5. The molecule has 0 unspecified atom stereocenters. The second-order valence-electron chi connectivity index (χ2n) is 7.10. The number of rotatable bonds is 7. The average molecular weight is 483 g/mol. The molecule has 0 fully saturated rings. The van der Waals surface area contributed by atoms with Crippen LogP contribution in [-0.2, 0) is 16.6 Å². The largest absolute Gasteiger partial charge is 0.573 e. The lowest BCUT2D eigenvalue weighted by Gasteiger charge is -2.11. The molecule has 1 aromatic heterocycles. The van der Waals surface area contributed by atoms with E-state index in [1.54, 1.807) is 0 Å².